The number of benzene rings is 1. The zero-order valence-electron chi connectivity index (χ0n) is 11.0. The monoisotopic (exact) mass is 260 g/mol. The molecule has 2 aliphatic heterocycles. The summed E-state index contributed by atoms with van der Waals surface area (Å²) in [7, 11) is 0. The van der Waals surface area contributed by atoms with Gasteiger partial charge in [-0.3, -0.25) is 4.79 Å². The molecule has 4 nitrogen and oxygen atoms in total. The van der Waals surface area contributed by atoms with Crippen molar-refractivity contribution in [2.24, 2.45) is 5.73 Å². The highest BCUT2D eigenvalue weighted by atomic mass is 16.5. The zero-order valence-corrected chi connectivity index (χ0v) is 11.0. The van der Waals surface area contributed by atoms with E-state index >= 15 is 0 Å². The van der Waals surface area contributed by atoms with Crippen molar-refractivity contribution in [3.63, 3.8) is 0 Å². The second kappa shape index (κ2) is 5.31. The van der Waals surface area contributed by atoms with Crippen molar-refractivity contribution < 1.29 is 9.53 Å². The maximum atomic E-state index is 12.5. The molecule has 2 N–H and O–H groups in total. The first-order valence-corrected chi connectivity index (χ1v) is 7.01. The molecule has 19 heavy (non-hydrogen) atoms. The molecule has 0 radical (unpaired) electrons. The third-order valence-electron chi connectivity index (χ3n) is 4.12. The topological polar surface area (TPSA) is 55.6 Å². The average molecular weight is 260 g/mol. The van der Waals surface area contributed by atoms with Gasteiger partial charge in [-0.25, -0.2) is 0 Å². The van der Waals surface area contributed by atoms with Crippen LogP contribution in [0.3, 0.4) is 0 Å². The van der Waals surface area contributed by atoms with Crippen LogP contribution in [0.15, 0.2) is 24.3 Å². The summed E-state index contributed by atoms with van der Waals surface area (Å²) in [5.74, 6) is 0.113. The van der Waals surface area contributed by atoms with Crippen molar-refractivity contribution in [3.05, 3.63) is 35.4 Å². The molecule has 1 aromatic rings. The van der Waals surface area contributed by atoms with Crippen LogP contribution >= 0.6 is 0 Å². The summed E-state index contributed by atoms with van der Waals surface area (Å²) in [6.07, 6.45) is 2.48. The lowest BCUT2D eigenvalue weighted by molar-refractivity contribution is -0.143. The Bertz CT molecular complexity index is 469. The number of nitrogens with two attached hydrogens (primary N) is 1. The SMILES string of the molecule is NCC1c2ccccc2CCN1C(=O)C1CCCO1. The molecule has 0 aromatic heterocycles. The van der Waals surface area contributed by atoms with Crippen molar-refractivity contribution in [2.45, 2.75) is 31.4 Å². The second-order valence-corrected chi connectivity index (χ2v) is 5.23. The number of ether oxygens (including phenoxy) is 1. The van der Waals surface area contributed by atoms with Crippen molar-refractivity contribution in [1.29, 1.82) is 0 Å². The van der Waals surface area contributed by atoms with Gasteiger partial charge in [-0.15, -0.1) is 0 Å². The van der Waals surface area contributed by atoms with Gasteiger partial charge >= 0.3 is 0 Å². The van der Waals surface area contributed by atoms with Crippen LogP contribution in [0.1, 0.15) is 30.0 Å². The fourth-order valence-corrected chi connectivity index (χ4v) is 3.13. The third-order valence-corrected chi connectivity index (χ3v) is 4.12. The van der Waals surface area contributed by atoms with Gasteiger partial charge in [0.25, 0.3) is 5.91 Å². The molecule has 0 spiro atoms. The summed E-state index contributed by atoms with van der Waals surface area (Å²) in [5, 5.41) is 0. The summed E-state index contributed by atoms with van der Waals surface area (Å²) >= 11 is 0. The molecule has 1 saturated heterocycles. The molecular formula is C15H20N2O2. The van der Waals surface area contributed by atoms with E-state index in [1.807, 2.05) is 17.0 Å². The predicted molar refractivity (Wildman–Crippen MR) is 72.6 cm³/mol. The van der Waals surface area contributed by atoms with Crippen molar-refractivity contribution >= 4 is 5.91 Å². The smallest absolute Gasteiger partial charge is 0.252 e. The van der Waals surface area contributed by atoms with Crippen molar-refractivity contribution in [3.8, 4) is 0 Å². The molecule has 2 aliphatic rings. The minimum absolute atomic E-state index is 0.00153. The number of hydrogen-bond acceptors (Lipinski definition) is 3. The summed E-state index contributed by atoms with van der Waals surface area (Å²) < 4.78 is 5.52. The van der Waals surface area contributed by atoms with E-state index in [0.29, 0.717) is 13.2 Å². The van der Waals surface area contributed by atoms with Crippen LogP contribution in [-0.2, 0) is 16.0 Å². The van der Waals surface area contributed by atoms with Crippen LogP contribution in [0, 0.1) is 0 Å². The Morgan fingerprint density at radius 3 is 3.00 bits per heavy atom. The molecule has 1 fully saturated rings. The van der Waals surface area contributed by atoms with E-state index in [1.54, 1.807) is 0 Å². The van der Waals surface area contributed by atoms with Crippen LogP contribution in [0.25, 0.3) is 0 Å². The van der Waals surface area contributed by atoms with E-state index in [4.69, 9.17) is 10.5 Å². The molecule has 2 heterocycles. The molecule has 2 atom stereocenters. The quantitative estimate of drug-likeness (QED) is 0.870. The van der Waals surface area contributed by atoms with E-state index in [1.165, 1.54) is 11.1 Å². The number of carbonyl (C=O) groups is 1. The molecule has 0 saturated carbocycles. The first-order valence-electron chi connectivity index (χ1n) is 7.01. The fourth-order valence-electron chi connectivity index (χ4n) is 3.13. The zero-order chi connectivity index (χ0) is 13.2. The number of amides is 1. The van der Waals surface area contributed by atoms with Gasteiger partial charge in [0.1, 0.15) is 6.10 Å². The standard InChI is InChI=1S/C15H20N2O2/c16-10-13-12-5-2-1-4-11(12)7-8-17(13)15(18)14-6-3-9-19-14/h1-2,4-5,13-14H,3,6-10,16H2. The molecule has 0 bridgehead atoms. The van der Waals surface area contributed by atoms with Gasteiger partial charge in [0.2, 0.25) is 0 Å². The summed E-state index contributed by atoms with van der Waals surface area (Å²) in [6.45, 7) is 1.92. The molecule has 1 amide bonds. The number of fused-ring (bicyclic) bond motifs is 1. The van der Waals surface area contributed by atoms with E-state index in [9.17, 15) is 4.79 Å². The maximum absolute atomic E-state index is 12.5. The van der Waals surface area contributed by atoms with Gasteiger partial charge in [-0.2, -0.15) is 0 Å². The maximum Gasteiger partial charge on any atom is 0.252 e. The number of nitrogens with zero attached hydrogens (tertiary/aromatic N) is 1. The van der Waals surface area contributed by atoms with Gasteiger partial charge in [-0.1, -0.05) is 24.3 Å². The Kier molecular flexibility index (Phi) is 3.53. The van der Waals surface area contributed by atoms with Crippen LogP contribution in [0.2, 0.25) is 0 Å². The number of hydrogen-bond donors (Lipinski definition) is 1. The van der Waals surface area contributed by atoms with E-state index in [2.05, 4.69) is 12.1 Å². The predicted octanol–water partition coefficient (Wildman–Crippen LogP) is 1.25. The fraction of sp³-hybridized carbons (Fsp3) is 0.533. The van der Waals surface area contributed by atoms with Crippen molar-refractivity contribution in [2.75, 3.05) is 19.7 Å². The second-order valence-electron chi connectivity index (χ2n) is 5.23. The molecule has 102 valence electrons. The Hall–Kier alpha value is -1.39. The Morgan fingerprint density at radius 2 is 2.26 bits per heavy atom. The highest BCUT2D eigenvalue weighted by molar-refractivity contribution is 5.82. The molecular weight excluding hydrogens is 240 g/mol. The highest BCUT2D eigenvalue weighted by Gasteiger charge is 2.35. The normalized spacial score (nSPS) is 26.3. The molecule has 2 unspecified atom stereocenters. The number of carbonyl (C=O) groups excluding carboxylic acids is 1. The van der Waals surface area contributed by atoms with Gasteiger partial charge in [-0.05, 0) is 30.4 Å². The van der Waals surface area contributed by atoms with E-state index in [-0.39, 0.29) is 18.1 Å². The first kappa shape index (κ1) is 12.6. The summed E-state index contributed by atoms with van der Waals surface area (Å²) in [4.78, 5) is 14.4. The largest absolute Gasteiger partial charge is 0.368 e. The van der Waals surface area contributed by atoms with Gasteiger partial charge in [0.05, 0.1) is 6.04 Å². The molecule has 0 aliphatic carbocycles. The summed E-state index contributed by atoms with van der Waals surface area (Å²) in [5.41, 5.74) is 8.42. The van der Waals surface area contributed by atoms with E-state index < -0.39 is 0 Å². The van der Waals surface area contributed by atoms with Crippen LogP contribution in [-0.4, -0.2) is 36.6 Å². The number of rotatable bonds is 2. The van der Waals surface area contributed by atoms with E-state index in [0.717, 1.165) is 25.8 Å². The minimum Gasteiger partial charge on any atom is -0.368 e. The highest BCUT2D eigenvalue weighted by Crippen LogP contribution is 2.30. The minimum atomic E-state index is -0.251. The van der Waals surface area contributed by atoms with Gasteiger partial charge in [0.15, 0.2) is 0 Å². The Balaban J connectivity index is 1.85. The van der Waals surface area contributed by atoms with Crippen molar-refractivity contribution in [1.82, 2.24) is 4.90 Å². The lowest BCUT2D eigenvalue weighted by Gasteiger charge is -2.37. The van der Waals surface area contributed by atoms with Crippen LogP contribution in [0.5, 0.6) is 0 Å². The molecule has 1 aromatic carbocycles. The molecule has 3 rings (SSSR count). The average Bonchev–Trinajstić information content (AvgIpc) is 2.99. The van der Waals surface area contributed by atoms with Crippen LogP contribution < -0.4 is 5.73 Å². The lowest BCUT2D eigenvalue weighted by Crippen LogP contribution is -2.47. The Morgan fingerprint density at radius 1 is 1.42 bits per heavy atom. The lowest BCUT2D eigenvalue weighted by atomic mass is 9.92. The third kappa shape index (κ3) is 2.26. The summed E-state index contributed by atoms with van der Waals surface area (Å²) in [6, 6.07) is 8.28. The molecule has 4 heteroatoms. The van der Waals surface area contributed by atoms with Gasteiger partial charge < -0.3 is 15.4 Å². The van der Waals surface area contributed by atoms with Crippen LogP contribution in [0.4, 0.5) is 0 Å². The van der Waals surface area contributed by atoms with Gasteiger partial charge in [0, 0.05) is 19.7 Å². The Labute approximate surface area is 113 Å². The first-order chi connectivity index (χ1) is 9.31.